The lowest BCUT2D eigenvalue weighted by Crippen LogP contribution is -2.26. The average Bonchev–Trinajstić information content (AvgIpc) is 3.22. The number of hydrogen-bond acceptors (Lipinski definition) is 5. The van der Waals surface area contributed by atoms with E-state index in [0.717, 1.165) is 0 Å². The highest BCUT2D eigenvalue weighted by Gasteiger charge is 2.42. The number of Topliss-reactive ketones (excluding diaryl/α,β-unsaturated/α-hetero) is 2. The highest BCUT2D eigenvalue weighted by Crippen LogP contribution is 2.30. The molecule has 3 aromatic rings. The molecule has 0 atom stereocenters. The molecule has 1 aromatic heterocycles. The Morgan fingerprint density at radius 1 is 0.917 bits per heavy atom. The fraction of sp³-hybridized carbons (Fsp3) is 0.0556. The molecule has 0 fully saturated rings. The van der Waals surface area contributed by atoms with Crippen LogP contribution in [0.15, 0.2) is 65.9 Å². The molecule has 0 saturated carbocycles. The molecule has 4 rings (SSSR count). The molecule has 116 valence electrons. The summed E-state index contributed by atoms with van der Waals surface area (Å²) in [4.78, 5) is 34.0. The van der Waals surface area contributed by atoms with Gasteiger partial charge in [-0.15, -0.1) is 0 Å². The summed E-state index contributed by atoms with van der Waals surface area (Å²) in [6.45, 7) is 0. The van der Waals surface area contributed by atoms with Gasteiger partial charge in [-0.2, -0.15) is 10.1 Å². The van der Waals surface area contributed by atoms with Gasteiger partial charge < -0.3 is 0 Å². The van der Waals surface area contributed by atoms with Gasteiger partial charge in [0.1, 0.15) is 12.2 Å². The van der Waals surface area contributed by atoms with Crippen molar-refractivity contribution in [2.45, 2.75) is 0 Å². The molecular formula is C18H12N4O2. The van der Waals surface area contributed by atoms with E-state index in [0.29, 0.717) is 22.4 Å². The van der Waals surface area contributed by atoms with E-state index < -0.39 is 5.92 Å². The van der Waals surface area contributed by atoms with Crippen molar-refractivity contribution in [3.63, 3.8) is 0 Å². The standard InChI is InChI=1S/C18H12N4O2/c23-16-12-8-4-5-9-13(12)17(24)14(16)15(11-6-2-1-3-7-11)21-18-19-10-20-22-18/h1-10,14H,(H,19,20,22)/b21-15+. The second-order valence-electron chi connectivity index (χ2n) is 5.38. The Bertz CT molecular complexity index is 911. The largest absolute Gasteiger partial charge is 0.293 e. The number of carbonyl (C=O) groups is 2. The molecule has 0 amide bonds. The van der Waals surface area contributed by atoms with Crippen molar-refractivity contribution >= 4 is 23.2 Å². The van der Waals surface area contributed by atoms with Gasteiger partial charge in [0.05, 0.1) is 5.71 Å². The first-order valence-corrected chi connectivity index (χ1v) is 7.42. The molecule has 1 heterocycles. The highest BCUT2D eigenvalue weighted by molar-refractivity contribution is 6.39. The Hall–Kier alpha value is -3.41. The molecule has 1 aliphatic carbocycles. The lowest BCUT2D eigenvalue weighted by Gasteiger charge is -2.11. The molecule has 0 aliphatic heterocycles. The minimum absolute atomic E-state index is 0.238. The summed E-state index contributed by atoms with van der Waals surface area (Å²) >= 11 is 0. The second-order valence-corrected chi connectivity index (χ2v) is 5.38. The zero-order chi connectivity index (χ0) is 16.5. The number of H-pyrrole nitrogens is 1. The van der Waals surface area contributed by atoms with Crippen molar-refractivity contribution in [1.29, 1.82) is 0 Å². The van der Waals surface area contributed by atoms with Crippen molar-refractivity contribution < 1.29 is 9.59 Å². The summed E-state index contributed by atoms with van der Waals surface area (Å²) < 4.78 is 0. The third kappa shape index (κ3) is 2.25. The zero-order valence-electron chi connectivity index (χ0n) is 12.5. The fourth-order valence-electron chi connectivity index (χ4n) is 2.86. The van der Waals surface area contributed by atoms with Crippen molar-refractivity contribution in [3.05, 3.63) is 77.6 Å². The molecule has 6 heteroatoms. The van der Waals surface area contributed by atoms with Crippen LogP contribution in [-0.4, -0.2) is 32.5 Å². The van der Waals surface area contributed by atoms with Crippen molar-refractivity contribution in [1.82, 2.24) is 15.2 Å². The average molecular weight is 316 g/mol. The third-order valence-corrected chi connectivity index (χ3v) is 3.95. The number of aromatic nitrogens is 3. The summed E-state index contributed by atoms with van der Waals surface area (Å²) in [7, 11) is 0. The number of rotatable bonds is 3. The molecule has 0 saturated heterocycles. The highest BCUT2D eigenvalue weighted by atomic mass is 16.2. The number of carbonyl (C=O) groups excluding carboxylic acids is 2. The summed E-state index contributed by atoms with van der Waals surface area (Å²) in [5, 5.41) is 6.40. The van der Waals surface area contributed by atoms with Gasteiger partial charge in [0.2, 0.25) is 5.95 Å². The van der Waals surface area contributed by atoms with Crippen LogP contribution in [0, 0.1) is 5.92 Å². The van der Waals surface area contributed by atoms with Crippen LogP contribution < -0.4 is 0 Å². The van der Waals surface area contributed by atoms with Crippen molar-refractivity contribution in [3.8, 4) is 0 Å². The third-order valence-electron chi connectivity index (χ3n) is 3.95. The van der Waals surface area contributed by atoms with E-state index in [2.05, 4.69) is 20.2 Å². The van der Waals surface area contributed by atoms with Crippen LogP contribution in [0.1, 0.15) is 26.3 Å². The first kappa shape index (κ1) is 14.2. The van der Waals surface area contributed by atoms with E-state index in [4.69, 9.17) is 0 Å². The number of ketones is 2. The Balaban J connectivity index is 1.87. The minimum Gasteiger partial charge on any atom is -0.293 e. The van der Waals surface area contributed by atoms with Gasteiger partial charge in [0.15, 0.2) is 11.6 Å². The first-order valence-electron chi connectivity index (χ1n) is 7.42. The minimum atomic E-state index is -0.963. The summed E-state index contributed by atoms with van der Waals surface area (Å²) in [5.74, 6) is -1.18. The Morgan fingerprint density at radius 3 is 2.12 bits per heavy atom. The van der Waals surface area contributed by atoms with Gasteiger partial charge in [-0.3, -0.25) is 9.59 Å². The van der Waals surface area contributed by atoms with Crippen LogP contribution in [0.2, 0.25) is 0 Å². The predicted octanol–water partition coefficient (Wildman–Crippen LogP) is 2.62. The quantitative estimate of drug-likeness (QED) is 0.594. The Kier molecular flexibility index (Phi) is 3.35. The lowest BCUT2D eigenvalue weighted by molar-refractivity contribution is 0.0884. The van der Waals surface area contributed by atoms with E-state index in [1.54, 1.807) is 24.3 Å². The number of fused-ring (bicyclic) bond motifs is 1. The maximum absolute atomic E-state index is 12.8. The maximum atomic E-state index is 12.8. The van der Waals surface area contributed by atoms with E-state index in [1.165, 1.54) is 6.33 Å². The molecule has 1 aliphatic rings. The van der Waals surface area contributed by atoms with Gasteiger partial charge in [-0.05, 0) is 5.56 Å². The van der Waals surface area contributed by atoms with E-state index >= 15 is 0 Å². The van der Waals surface area contributed by atoms with Crippen LogP contribution in [0.5, 0.6) is 0 Å². The number of aliphatic imine (C=N–C) groups is 1. The topological polar surface area (TPSA) is 88.1 Å². The SMILES string of the molecule is O=C1c2ccccc2C(=O)C1/C(=N/c1ncn[nH]1)c1ccccc1. The number of hydrogen-bond donors (Lipinski definition) is 1. The first-order chi connectivity index (χ1) is 11.8. The Morgan fingerprint density at radius 2 is 1.54 bits per heavy atom. The van der Waals surface area contributed by atoms with Crippen molar-refractivity contribution in [2.75, 3.05) is 0 Å². The number of nitrogens with zero attached hydrogens (tertiary/aromatic N) is 3. The van der Waals surface area contributed by atoms with Gasteiger partial charge >= 0.3 is 0 Å². The van der Waals surface area contributed by atoms with Crippen LogP contribution in [-0.2, 0) is 0 Å². The van der Waals surface area contributed by atoms with E-state index in [9.17, 15) is 9.59 Å². The van der Waals surface area contributed by atoms with Crippen molar-refractivity contribution in [2.24, 2.45) is 10.9 Å². The second kappa shape index (κ2) is 5.66. The summed E-state index contributed by atoms with van der Waals surface area (Å²) in [6.07, 6.45) is 1.33. The zero-order valence-corrected chi connectivity index (χ0v) is 12.5. The van der Waals surface area contributed by atoms with Gasteiger partial charge in [-0.1, -0.05) is 54.6 Å². The monoisotopic (exact) mass is 316 g/mol. The van der Waals surface area contributed by atoms with Gasteiger partial charge in [-0.25, -0.2) is 10.1 Å². The molecule has 24 heavy (non-hydrogen) atoms. The molecule has 6 nitrogen and oxygen atoms in total. The van der Waals surface area contributed by atoms with Crippen LogP contribution in [0.3, 0.4) is 0 Å². The molecule has 2 aromatic carbocycles. The number of aromatic amines is 1. The van der Waals surface area contributed by atoms with Gasteiger partial charge in [0, 0.05) is 11.1 Å². The molecular weight excluding hydrogens is 304 g/mol. The van der Waals surface area contributed by atoms with Crippen LogP contribution in [0.4, 0.5) is 5.95 Å². The number of nitrogens with one attached hydrogen (secondary N) is 1. The van der Waals surface area contributed by atoms with E-state index in [1.807, 2.05) is 30.3 Å². The normalized spacial score (nSPS) is 14.9. The summed E-state index contributed by atoms with van der Waals surface area (Å²) in [5.41, 5.74) is 1.95. The predicted molar refractivity (Wildman–Crippen MR) is 87.6 cm³/mol. The maximum Gasteiger partial charge on any atom is 0.245 e. The van der Waals surface area contributed by atoms with Crippen LogP contribution in [0.25, 0.3) is 0 Å². The smallest absolute Gasteiger partial charge is 0.245 e. The lowest BCUT2D eigenvalue weighted by atomic mass is 9.92. The number of benzene rings is 2. The Labute approximate surface area is 137 Å². The molecule has 1 N–H and O–H groups in total. The molecule has 0 bridgehead atoms. The fourth-order valence-corrected chi connectivity index (χ4v) is 2.86. The summed E-state index contributed by atoms with van der Waals surface area (Å²) in [6, 6.07) is 16.0. The van der Waals surface area contributed by atoms with Crippen LogP contribution >= 0.6 is 0 Å². The molecule has 0 radical (unpaired) electrons. The molecule has 0 unspecified atom stereocenters. The van der Waals surface area contributed by atoms with Gasteiger partial charge in [0.25, 0.3) is 0 Å². The van der Waals surface area contributed by atoms with E-state index in [-0.39, 0.29) is 17.5 Å². The molecule has 0 spiro atoms.